The Bertz CT molecular complexity index is 805. The van der Waals surface area contributed by atoms with Gasteiger partial charge in [0, 0.05) is 24.1 Å². The van der Waals surface area contributed by atoms with Gasteiger partial charge in [-0.1, -0.05) is 11.6 Å². The Balaban J connectivity index is 1.95. The minimum Gasteiger partial charge on any atom is -0.465 e. The van der Waals surface area contributed by atoms with Gasteiger partial charge in [0.1, 0.15) is 5.82 Å². The van der Waals surface area contributed by atoms with Gasteiger partial charge in [0.05, 0.1) is 17.7 Å². The molecule has 0 aliphatic carbocycles. The minimum absolute atomic E-state index is 0.0189. The van der Waals surface area contributed by atoms with E-state index in [1.54, 1.807) is 0 Å². The van der Waals surface area contributed by atoms with E-state index in [-0.39, 0.29) is 29.2 Å². The van der Waals surface area contributed by atoms with E-state index in [9.17, 15) is 18.8 Å². The number of ketones is 1. The highest BCUT2D eigenvalue weighted by Crippen LogP contribution is 2.21. The van der Waals surface area contributed by atoms with Crippen LogP contribution >= 0.6 is 11.6 Å². The summed E-state index contributed by atoms with van der Waals surface area (Å²) in [6.07, 6.45) is -0.0681. The molecule has 0 aromatic heterocycles. The molecule has 0 fully saturated rings. The van der Waals surface area contributed by atoms with E-state index in [1.807, 2.05) is 0 Å². The molecule has 0 radical (unpaired) electrons. The summed E-state index contributed by atoms with van der Waals surface area (Å²) in [7, 11) is 1.23. The molecule has 5 nitrogen and oxygen atoms in total. The smallest absolute Gasteiger partial charge is 0.339 e. The van der Waals surface area contributed by atoms with Crippen LogP contribution in [-0.4, -0.2) is 24.8 Å². The lowest BCUT2D eigenvalue weighted by molar-refractivity contribution is -0.116. The second-order valence-corrected chi connectivity index (χ2v) is 5.57. The van der Waals surface area contributed by atoms with Crippen LogP contribution in [0, 0.1) is 5.82 Å². The van der Waals surface area contributed by atoms with E-state index < -0.39 is 17.7 Å². The summed E-state index contributed by atoms with van der Waals surface area (Å²) in [5, 5.41) is 2.79. The van der Waals surface area contributed by atoms with Gasteiger partial charge >= 0.3 is 5.97 Å². The molecule has 0 bridgehead atoms. The lowest BCUT2D eigenvalue weighted by Gasteiger charge is -2.08. The molecule has 0 heterocycles. The zero-order valence-electron chi connectivity index (χ0n) is 13.3. The maximum atomic E-state index is 12.8. The number of Topliss-reactive ketones (excluding diaryl/α,β-unsaturated/α-hetero) is 1. The molecule has 2 aromatic rings. The lowest BCUT2D eigenvalue weighted by Crippen LogP contribution is -2.14. The van der Waals surface area contributed by atoms with Crippen LogP contribution in [0.4, 0.5) is 10.1 Å². The Hall–Kier alpha value is -2.73. The van der Waals surface area contributed by atoms with Crippen LogP contribution in [0.3, 0.4) is 0 Å². The highest BCUT2D eigenvalue weighted by atomic mass is 35.5. The van der Waals surface area contributed by atoms with E-state index in [1.165, 1.54) is 49.6 Å². The SMILES string of the molecule is COC(=O)c1cc(NC(=O)CCC(=O)c2ccc(F)cc2)ccc1Cl. The number of amides is 1. The van der Waals surface area contributed by atoms with Crippen molar-refractivity contribution in [3.05, 3.63) is 64.4 Å². The number of ether oxygens (including phenoxy) is 1. The first-order valence-corrected chi connectivity index (χ1v) is 7.75. The first-order chi connectivity index (χ1) is 11.9. The molecule has 2 aromatic carbocycles. The minimum atomic E-state index is -0.618. The number of anilines is 1. The van der Waals surface area contributed by atoms with Crippen molar-refractivity contribution in [1.82, 2.24) is 0 Å². The number of benzene rings is 2. The Morgan fingerprint density at radius 3 is 2.40 bits per heavy atom. The summed E-state index contributed by atoms with van der Waals surface area (Å²) < 4.78 is 17.4. The van der Waals surface area contributed by atoms with Gasteiger partial charge in [-0.25, -0.2) is 9.18 Å². The summed E-state index contributed by atoms with van der Waals surface area (Å²) in [5.41, 5.74) is 0.835. The van der Waals surface area contributed by atoms with E-state index >= 15 is 0 Å². The number of carbonyl (C=O) groups is 3. The van der Waals surface area contributed by atoms with E-state index in [0.29, 0.717) is 11.3 Å². The number of halogens is 2. The van der Waals surface area contributed by atoms with Gasteiger partial charge in [-0.05, 0) is 42.5 Å². The normalized spacial score (nSPS) is 10.2. The zero-order valence-corrected chi connectivity index (χ0v) is 14.1. The third-order valence-electron chi connectivity index (χ3n) is 3.40. The van der Waals surface area contributed by atoms with Crippen molar-refractivity contribution in [2.24, 2.45) is 0 Å². The van der Waals surface area contributed by atoms with Crippen LogP contribution in [0.2, 0.25) is 5.02 Å². The molecule has 130 valence electrons. The van der Waals surface area contributed by atoms with Crippen molar-refractivity contribution in [2.45, 2.75) is 12.8 Å². The fraction of sp³-hybridized carbons (Fsp3) is 0.167. The van der Waals surface area contributed by atoms with Gasteiger partial charge in [-0.2, -0.15) is 0 Å². The lowest BCUT2D eigenvalue weighted by atomic mass is 10.1. The van der Waals surface area contributed by atoms with Gasteiger partial charge < -0.3 is 10.1 Å². The third kappa shape index (κ3) is 5.12. The molecule has 0 spiro atoms. The summed E-state index contributed by atoms with van der Waals surface area (Å²) in [5.74, 6) is -1.71. The van der Waals surface area contributed by atoms with E-state index in [2.05, 4.69) is 10.1 Å². The highest BCUT2D eigenvalue weighted by Gasteiger charge is 2.14. The van der Waals surface area contributed by atoms with Crippen molar-refractivity contribution in [2.75, 3.05) is 12.4 Å². The van der Waals surface area contributed by atoms with Gasteiger partial charge in [-0.3, -0.25) is 9.59 Å². The number of hydrogen-bond acceptors (Lipinski definition) is 4. The van der Waals surface area contributed by atoms with Crippen molar-refractivity contribution in [3.8, 4) is 0 Å². The van der Waals surface area contributed by atoms with Crippen LogP contribution in [0.15, 0.2) is 42.5 Å². The van der Waals surface area contributed by atoms with Crippen LogP contribution in [-0.2, 0) is 9.53 Å². The maximum absolute atomic E-state index is 12.8. The van der Waals surface area contributed by atoms with Gasteiger partial charge in [0.15, 0.2) is 5.78 Å². The van der Waals surface area contributed by atoms with Gasteiger partial charge in [0.25, 0.3) is 0 Å². The molecule has 0 saturated heterocycles. The van der Waals surface area contributed by atoms with Crippen molar-refractivity contribution < 1.29 is 23.5 Å². The number of rotatable bonds is 6. The van der Waals surface area contributed by atoms with E-state index in [4.69, 9.17) is 11.6 Å². The standard InChI is InChI=1S/C18H15ClFNO4/c1-25-18(24)14-10-13(6-7-15(14)19)21-17(23)9-8-16(22)11-2-4-12(20)5-3-11/h2-7,10H,8-9H2,1H3,(H,21,23). The van der Waals surface area contributed by atoms with Crippen LogP contribution < -0.4 is 5.32 Å². The zero-order chi connectivity index (χ0) is 18.4. The Labute approximate surface area is 148 Å². The molecule has 0 atom stereocenters. The third-order valence-corrected chi connectivity index (χ3v) is 3.73. The number of hydrogen-bond donors (Lipinski definition) is 1. The Morgan fingerprint density at radius 1 is 1.08 bits per heavy atom. The van der Waals surface area contributed by atoms with E-state index in [0.717, 1.165) is 0 Å². The molecule has 1 amide bonds. The predicted molar refractivity (Wildman–Crippen MR) is 91.4 cm³/mol. The molecule has 25 heavy (non-hydrogen) atoms. The maximum Gasteiger partial charge on any atom is 0.339 e. The number of carbonyl (C=O) groups excluding carboxylic acids is 3. The molecule has 0 aliphatic heterocycles. The van der Waals surface area contributed by atoms with Gasteiger partial charge in [-0.15, -0.1) is 0 Å². The second-order valence-electron chi connectivity index (χ2n) is 5.16. The first kappa shape index (κ1) is 18.6. The monoisotopic (exact) mass is 363 g/mol. The number of methoxy groups -OCH3 is 1. The average molecular weight is 364 g/mol. The molecule has 0 saturated carbocycles. The van der Waals surface area contributed by atoms with Crippen LogP contribution in [0.25, 0.3) is 0 Å². The highest BCUT2D eigenvalue weighted by molar-refractivity contribution is 6.33. The largest absolute Gasteiger partial charge is 0.465 e. The summed E-state index contributed by atoms with van der Waals surface area (Å²) >= 11 is 5.90. The number of nitrogens with one attached hydrogen (secondary N) is 1. The quantitative estimate of drug-likeness (QED) is 0.624. The van der Waals surface area contributed by atoms with Crippen LogP contribution in [0.5, 0.6) is 0 Å². The second kappa shape index (κ2) is 8.39. The fourth-order valence-corrected chi connectivity index (χ4v) is 2.29. The Morgan fingerprint density at radius 2 is 1.76 bits per heavy atom. The van der Waals surface area contributed by atoms with Crippen molar-refractivity contribution >= 4 is 34.9 Å². The topological polar surface area (TPSA) is 72.5 Å². The van der Waals surface area contributed by atoms with Crippen molar-refractivity contribution in [1.29, 1.82) is 0 Å². The molecular formula is C18H15ClFNO4. The predicted octanol–water partition coefficient (Wildman–Crippen LogP) is 3.87. The van der Waals surface area contributed by atoms with Gasteiger partial charge in [0.2, 0.25) is 5.91 Å². The summed E-state index contributed by atoms with van der Waals surface area (Å²) in [6.45, 7) is 0. The summed E-state index contributed by atoms with van der Waals surface area (Å²) in [4.78, 5) is 35.5. The first-order valence-electron chi connectivity index (χ1n) is 7.37. The summed E-state index contributed by atoms with van der Waals surface area (Å²) in [6, 6.07) is 9.52. The molecular weight excluding hydrogens is 349 g/mol. The fourth-order valence-electron chi connectivity index (χ4n) is 2.10. The molecule has 1 N–H and O–H groups in total. The molecule has 0 unspecified atom stereocenters. The Kier molecular flexibility index (Phi) is 6.25. The average Bonchev–Trinajstić information content (AvgIpc) is 2.61. The molecule has 2 rings (SSSR count). The van der Waals surface area contributed by atoms with Crippen molar-refractivity contribution in [3.63, 3.8) is 0 Å². The molecule has 7 heteroatoms. The molecule has 0 aliphatic rings. The van der Waals surface area contributed by atoms with Crippen LogP contribution in [0.1, 0.15) is 33.6 Å². The number of esters is 1.